The van der Waals surface area contributed by atoms with Crippen molar-refractivity contribution in [2.75, 3.05) is 18.4 Å². The molecule has 1 aliphatic heterocycles. The van der Waals surface area contributed by atoms with Gasteiger partial charge in [0.1, 0.15) is 10.7 Å². The van der Waals surface area contributed by atoms with Crippen LogP contribution < -0.4 is 5.32 Å². The maximum Gasteiger partial charge on any atom is 0.244 e. The molecule has 3 rings (SSSR count). The summed E-state index contributed by atoms with van der Waals surface area (Å²) in [6.07, 6.45) is 7.66. The Labute approximate surface area is 138 Å². The molecular weight excluding hydrogens is 314 g/mol. The summed E-state index contributed by atoms with van der Waals surface area (Å²) in [6.45, 7) is 1.21. The quantitative estimate of drug-likeness (QED) is 0.876. The first kappa shape index (κ1) is 16.7. The van der Waals surface area contributed by atoms with E-state index in [-0.39, 0.29) is 11.0 Å². The molecule has 1 saturated carbocycles. The summed E-state index contributed by atoms with van der Waals surface area (Å²) in [6, 6.07) is 3.68. The molecule has 1 aromatic heterocycles. The molecule has 1 aromatic rings. The summed E-state index contributed by atoms with van der Waals surface area (Å²) >= 11 is 0. The molecule has 1 saturated heterocycles. The number of aliphatic hydroxyl groups is 1. The second-order valence-corrected chi connectivity index (χ2v) is 8.43. The van der Waals surface area contributed by atoms with E-state index in [0.717, 1.165) is 44.9 Å². The molecule has 1 aliphatic carbocycles. The average Bonchev–Trinajstić information content (AvgIpc) is 2.58. The van der Waals surface area contributed by atoms with Gasteiger partial charge in [-0.1, -0.05) is 6.42 Å². The first-order valence-electron chi connectivity index (χ1n) is 8.46. The highest BCUT2D eigenvalue weighted by molar-refractivity contribution is 7.89. The fourth-order valence-corrected chi connectivity index (χ4v) is 4.76. The Morgan fingerprint density at radius 3 is 2.39 bits per heavy atom. The van der Waals surface area contributed by atoms with E-state index in [2.05, 4.69) is 10.3 Å². The Kier molecular flexibility index (Phi) is 5.18. The van der Waals surface area contributed by atoms with Gasteiger partial charge < -0.3 is 10.4 Å². The van der Waals surface area contributed by atoms with Crippen LogP contribution in [0.5, 0.6) is 0 Å². The zero-order valence-corrected chi connectivity index (χ0v) is 14.1. The van der Waals surface area contributed by atoms with Crippen molar-refractivity contribution in [3.05, 3.63) is 18.3 Å². The number of hydrogen-bond donors (Lipinski definition) is 2. The predicted molar refractivity (Wildman–Crippen MR) is 88.7 cm³/mol. The minimum absolute atomic E-state index is 0.182. The molecule has 2 fully saturated rings. The normalized spacial score (nSPS) is 26.8. The molecule has 2 heterocycles. The van der Waals surface area contributed by atoms with Gasteiger partial charge in [0.2, 0.25) is 10.0 Å². The lowest BCUT2D eigenvalue weighted by molar-refractivity contribution is 0.126. The van der Waals surface area contributed by atoms with Gasteiger partial charge in [-0.15, -0.1) is 0 Å². The lowest BCUT2D eigenvalue weighted by Gasteiger charge is -2.27. The Morgan fingerprint density at radius 1 is 1.09 bits per heavy atom. The highest BCUT2D eigenvalue weighted by Gasteiger charge is 2.26. The molecular formula is C16H25N3O3S. The van der Waals surface area contributed by atoms with Crippen molar-refractivity contribution < 1.29 is 13.5 Å². The minimum atomic E-state index is -3.41. The second-order valence-electron chi connectivity index (χ2n) is 6.49. The number of piperidine rings is 1. The van der Waals surface area contributed by atoms with E-state index < -0.39 is 10.0 Å². The molecule has 0 radical (unpaired) electrons. The van der Waals surface area contributed by atoms with E-state index in [1.165, 1.54) is 6.20 Å². The van der Waals surface area contributed by atoms with E-state index >= 15 is 0 Å². The van der Waals surface area contributed by atoms with Crippen molar-refractivity contribution in [3.63, 3.8) is 0 Å². The van der Waals surface area contributed by atoms with Crippen LogP contribution in [0.4, 0.5) is 5.82 Å². The van der Waals surface area contributed by atoms with E-state index in [0.29, 0.717) is 24.9 Å². The molecule has 2 N–H and O–H groups in total. The number of pyridine rings is 1. The SMILES string of the molecule is O=S(=O)(c1ccc(NC2CCC(O)CC2)nc1)N1CCCCC1. The number of sulfonamides is 1. The van der Waals surface area contributed by atoms with Gasteiger partial charge in [-0.2, -0.15) is 4.31 Å². The van der Waals surface area contributed by atoms with E-state index in [1.807, 2.05) is 0 Å². The fourth-order valence-electron chi connectivity index (χ4n) is 3.30. The summed E-state index contributed by atoms with van der Waals surface area (Å²) in [5.41, 5.74) is 0. The largest absolute Gasteiger partial charge is 0.393 e. The van der Waals surface area contributed by atoms with Crippen LogP contribution in [0, 0.1) is 0 Å². The molecule has 0 spiro atoms. The molecule has 0 unspecified atom stereocenters. The van der Waals surface area contributed by atoms with Crippen LogP contribution in [0.2, 0.25) is 0 Å². The monoisotopic (exact) mass is 339 g/mol. The molecule has 6 nitrogen and oxygen atoms in total. The Bertz CT molecular complexity index is 604. The number of nitrogens with zero attached hydrogens (tertiary/aromatic N) is 2. The van der Waals surface area contributed by atoms with Crippen molar-refractivity contribution in [1.82, 2.24) is 9.29 Å². The van der Waals surface area contributed by atoms with Crippen LogP contribution >= 0.6 is 0 Å². The van der Waals surface area contributed by atoms with Crippen molar-refractivity contribution in [2.24, 2.45) is 0 Å². The topological polar surface area (TPSA) is 82.5 Å². The van der Waals surface area contributed by atoms with Gasteiger partial charge in [-0.3, -0.25) is 0 Å². The maximum absolute atomic E-state index is 12.6. The predicted octanol–water partition coefficient (Wildman–Crippen LogP) is 1.97. The number of rotatable bonds is 4. The van der Waals surface area contributed by atoms with Gasteiger partial charge in [0.05, 0.1) is 6.10 Å². The Morgan fingerprint density at radius 2 is 1.78 bits per heavy atom. The highest BCUT2D eigenvalue weighted by atomic mass is 32.2. The number of aromatic nitrogens is 1. The first-order chi connectivity index (χ1) is 11.1. The fraction of sp³-hybridized carbons (Fsp3) is 0.688. The van der Waals surface area contributed by atoms with E-state index in [4.69, 9.17) is 0 Å². The lowest BCUT2D eigenvalue weighted by Crippen LogP contribution is -2.35. The van der Waals surface area contributed by atoms with Gasteiger partial charge in [0.15, 0.2) is 0 Å². The standard InChI is InChI=1S/C16H25N3O3S/c20-14-6-4-13(5-7-14)18-16-9-8-15(12-17-16)23(21,22)19-10-2-1-3-11-19/h8-9,12-14,20H,1-7,10-11H2,(H,17,18). The summed E-state index contributed by atoms with van der Waals surface area (Å²) in [4.78, 5) is 4.54. The molecule has 0 amide bonds. The summed E-state index contributed by atoms with van der Waals surface area (Å²) in [5.74, 6) is 0.698. The van der Waals surface area contributed by atoms with Crippen LogP contribution in [0.15, 0.2) is 23.2 Å². The third kappa shape index (κ3) is 4.02. The smallest absolute Gasteiger partial charge is 0.244 e. The third-order valence-electron chi connectivity index (χ3n) is 4.74. The molecule has 2 aliphatic rings. The summed E-state index contributed by atoms with van der Waals surface area (Å²) in [5, 5.41) is 12.9. The van der Waals surface area contributed by atoms with Crippen molar-refractivity contribution in [3.8, 4) is 0 Å². The van der Waals surface area contributed by atoms with E-state index in [1.54, 1.807) is 16.4 Å². The number of nitrogens with one attached hydrogen (secondary N) is 1. The molecule has 7 heteroatoms. The van der Waals surface area contributed by atoms with E-state index in [9.17, 15) is 13.5 Å². The van der Waals surface area contributed by atoms with Crippen LogP contribution in [0.1, 0.15) is 44.9 Å². The summed E-state index contributed by atoms with van der Waals surface area (Å²) in [7, 11) is -3.41. The zero-order chi connectivity index (χ0) is 16.3. The molecule has 0 atom stereocenters. The lowest BCUT2D eigenvalue weighted by atomic mass is 9.93. The third-order valence-corrected chi connectivity index (χ3v) is 6.62. The molecule has 23 heavy (non-hydrogen) atoms. The van der Waals surface area contributed by atoms with Crippen molar-refractivity contribution in [1.29, 1.82) is 0 Å². The molecule has 128 valence electrons. The minimum Gasteiger partial charge on any atom is -0.393 e. The van der Waals surface area contributed by atoms with Crippen molar-refractivity contribution >= 4 is 15.8 Å². The Balaban J connectivity index is 1.64. The summed E-state index contributed by atoms with van der Waals surface area (Å²) < 4.78 is 26.7. The van der Waals surface area contributed by atoms with Crippen LogP contribution in [-0.4, -0.2) is 48.0 Å². The first-order valence-corrected chi connectivity index (χ1v) is 9.90. The van der Waals surface area contributed by atoms with Gasteiger partial charge in [-0.25, -0.2) is 13.4 Å². The zero-order valence-electron chi connectivity index (χ0n) is 13.3. The van der Waals surface area contributed by atoms with Crippen LogP contribution in [0.25, 0.3) is 0 Å². The molecule has 0 aromatic carbocycles. The van der Waals surface area contributed by atoms with Crippen molar-refractivity contribution in [2.45, 2.75) is 62.0 Å². The van der Waals surface area contributed by atoms with Gasteiger partial charge >= 0.3 is 0 Å². The molecule has 0 bridgehead atoms. The van der Waals surface area contributed by atoms with Gasteiger partial charge in [0.25, 0.3) is 0 Å². The van der Waals surface area contributed by atoms with Gasteiger partial charge in [0, 0.05) is 25.3 Å². The number of anilines is 1. The number of hydrogen-bond acceptors (Lipinski definition) is 5. The van der Waals surface area contributed by atoms with Crippen LogP contribution in [0.3, 0.4) is 0 Å². The average molecular weight is 339 g/mol. The second kappa shape index (κ2) is 7.15. The van der Waals surface area contributed by atoms with Gasteiger partial charge in [-0.05, 0) is 50.7 Å². The Hall–Kier alpha value is -1.18. The number of aliphatic hydroxyl groups excluding tert-OH is 1. The van der Waals surface area contributed by atoms with Crippen LogP contribution in [-0.2, 0) is 10.0 Å². The highest BCUT2D eigenvalue weighted by Crippen LogP contribution is 2.23. The maximum atomic E-state index is 12.6.